The van der Waals surface area contributed by atoms with Crippen LogP contribution in [0, 0.1) is 6.92 Å². The summed E-state index contributed by atoms with van der Waals surface area (Å²) in [5, 5.41) is 4.88. The van der Waals surface area contributed by atoms with Gasteiger partial charge in [0.2, 0.25) is 5.91 Å². The Balaban J connectivity index is 2.12. The van der Waals surface area contributed by atoms with Gasteiger partial charge in [-0.15, -0.1) is 0 Å². The van der Waals surface area contributed by atoms with Gasteiger partial charge in [0.1, 0.15) is 19.0 Å². The van der Waals surface area contributed by atoms with Gasteiger partial charge < -0.3 is 9.64 Å². The molecule has 3 rings (SSSR count). The molecule has 1 aromatic carbocycles. The number of likely N-dealkylation sites (N-methyl/N-ethyl adjacent to an activating group) is 1. The van der Waals surface area contributed by atoms with E-state index >= 15 is 0 Å². The number of carbonyl (C=O) groups excluding carboxylic acids is 1. The van der Waals surface area contributed by atoms with E-state index in [9.17, 15) is 9.18 Å². The number of hydrogen-bond acceptors (Lipinski definition) is 4. The number of carbonyl (C=O) groups is 1. The van der Waals surface area contributed by atoms with E-state index in [-0.39, 0.29) is 18.9 Å². The van der Waals surface area contributed by atoms with Gasteiger partial charge >= 0.3 is 0 Å². The smallest absolute Gasteiger partial charge is 0.227 e. The quantitative estimate of drug-likeness (QED) is 0.482. The van der Waals surface area contributed by atoms with Crippen LogP contribution in [0.2, 0.25) is 0 Å². The van der Waals surface area contributed by atoms with E-state index in [1.807, 2.05) is 42.3 Å². The van der Waals surface area contributed by atoms with Gasteiger partial charge in [0, 0.05) is 35.6 Å². The van der Waals surface area contributed by atoms with Crippen LogP contribution in [0.4, 0.5) is 4.39 Å². The normalized spacial score (nSPS) is 11.1. The average molecular weight is 427 g/mol. The number of fused-ring (bicyclic) bond motifs is 1. The molecule has 0 bridgehead atoms. The van der Waals surface area contributed by atoms with E-state index in [1.54, 1.807) is 12.1 Å². The number of alkyl halides is 1. The first-order valence-corrected chi connectivity index (χ1v) is 11.0. The summed E-state index contributed by atoms with van der Waals surface area (Å²) in [5.41, 5.74) is 5.17. The molecule has 1 amide bonds. The molecule has 0 radical (unpaired) electrons. The number of ether oxygens (including phenoxy) is 1. The highest BCUT2D eigenvalue weighted by atomic mass is 19.1. The Kier molecular flexibility index (Phi) is 7.60. The van der Waals surface area contributed by atoms with Gasteiger partial charge in [0.25, 0.3) is 0 Å². The maximum absolute atomic E-state index is 13.0. The Morgan fingerprint density at radius 2 is 1.87 bits per heavy atom. The molecule has 3 aromatic rings. The van der Waals surface area contributed by atoms with E-state index in [2.05, 4.69) is 13.0 Å². The molecule has 166 valence electrons. The minimum Gasteiger partial charge on any atom is -0.491 e. The third-order valence-corrected chi connectivity index (χ3v) is 5.31. The molecule has 0 fully saturated rings. The predicted molar refractivity (Wildman–Crippen MR) is 120 cm³/mol. The van der Waals surface area contributed by atoms with Gasteiger partial charge in [-0.2, -0.15) is 5.10 Å². The van der Waals surface area contributed by atoms with E-state index in [0.29, 0.717) is 18.8 Å². The summed E-state index contributed by atoms with van der Waals surface area (Å²) in [5.74, 6) is 0.663. The Hall–Kier alpha value is -2.96. The summed E-state index contributed by atoms with van der Waals surface area (Å²) in [6, 6.07) is 9.45. The van der Waals surface area contributed by atoms with E-state index < -0.39 is 6.67 Å². The highest BCUT2D eigenvalue weighted by molar-refractivity contribution is 5.84. The van der Waals surface area contributed by atoms with Crippen LogP contribution in [0.15, 0.2) is 30.3 Å². The SMILES string of the molecule is CCCc1cc(C)nc2c(CC(=O)N(CC)CC)c(-c3ccc(OCCF)cc3)nn12. The largest absolute Gasteiger partial charge is 0.491 e. The molecule has 2 aromatic heterocycles. The van der Waals surface area contributed by atoms with Crippen molar-refractivity contribution < 1.29 is 13.9 Å². The Morgan fingerprint density at radius 3 is 2.48 bits per heavy atom. The molecule has 6 nitrogen and oxygen atoms in total. The van der Waals surface area contributed by atoms with Gasteiger partial charge in [0.05, 0.1) is 12.1 Å². The van der Waals surface area contributed by atoms with Gasteiger partial charge in [0.15, 0.2) is 5.65 Å². The van der Waals surface area contributed by atoms with Crippen molar-refractivity contribution in [3.05, 3.63) is 47.3 Å². The van der Waals surface area contributed by atoms with Crippen LogP contribution in [0.1, 0.15) is 44.1 Å². The lowest BCUT2D eigenvalue weighted by Crippen LogP contribution is -2.31. The number of aromatic nitrogens is 3. The second kappa shape index (κ2) is 10.4. The average Bonchev–Trinajstić information content (AvgIpc) is 3.12. The van der Waals surface area contributed by atoms with Gasteiger partial charge in [-0.3, -0.25) is 4.79 Å². The fourth-order valence-corrected chi connectivity index (χ4v) is 3.79. The Morgan fingerprint density at radius 1 is 1.16 bits per heavy atom. The lowest BCUT2D eigenvalue weighted by molar-refractivity contribution is -0.130. The summed E-state index contributed by atoms with van der Waals surface area (Å²) >= 11 is 0. The van der Waals surface area contributed by atoms with Crippen molar-refractivity contribution in [2.45, 2.75) is 47.0 Å². The van der Waals surface area contributed by atoms with Crippen molar-refractivity contribution in [1.29, 1.82) is 0 Å². The van der Waals surface area contributed by atoms with Crippen molar-refractivity contribution in [3.8, 4) is 17.0 Å². The van der Waals surface area contributed by atoms with Crippen LogP contribution in [-0.2, 0) is 17.6 Å². The Labute approximate surface area is 183 Å². The molecule has 31 heavy (non-hydrogen) atoms. The van der Waals surface area contributed by atoms with Gasteiger partial charge in [-0.25, -0.2) is 13.9 Å². The third kappa shape index (κ3) is 5.03. The summed E-state index contributed by atoms with van der Waals surface area (Å²) in [6.07, 6.45) is 2.10. The number of halogens is 1. The Bertz CT molecular complexity index is 1030. The minimum absolute atomic E-state index is 0.0287. The van der Waals surface area contributed by atoms with Crippen LogP contribution in [-0.4, -0.2) is 51.8 Å². The van der Waals surface area contributed by atoms with Crippen molar-refractivity contribution in [3.63, 3.8) is 0 Å². The van der Waals surface area contributed by atoms with Gasteiger partial charge in [-0.1, -0.05) is 13.3 Å². The lowest BCUT2D eigenvalue weighted by Gasteiger charge is -2.18. The van der Waals surface area contributed by atoms with E-state index in [0.717, 1.165) is 46.7 Å². The zero-order chi connectivity index (χ0) is 22.4. The second-order valence-corrected chi connectivity index (χ2v) is 7.51. The fraction of sp³-hybridized carbons (Fsp3) is 0.458. The molecule has 0 N–H and O–H groups in total. The second-order valence-electron chi connectivity index (χ2n) is 7.51. The molecule has 0 unspecified atom stereocenters. The summed E-state index contributed by atoms with van der Waals surface area (Å²) in [4.78, 5) is 19.5. The first-order chi connectivity index (χ1) is 15.0. The zero-order valence-electron chi connectivity index (χ0n) is 18.8. The molecule has 0 atom stereocenters. The maximum atomic E-state index is 13.0. The lowest BCUT2D eigenvalue weighted by atomic mass is 10.0. The molecule has 0 saturated carbocycles. The molecule has 0 aliphatic heterocycles. The molecule has 2 heterocycles. The first-order valence-electron chi connectivity index (χ1n) is 11.0. The molecule has 0 spiro atoms. The van der Waals surface area contributed by atoms with Crippen molar-refractivity contribution in [2.24, 2.45) is 0 Å². The summed E-state index contributed by atoms with van der Waals surface area (Å²) in [6.45, 7) is 8.90. The van der Waals surface area contributed by atoms with E-state index in [4.69, 9.17) is 14.8 Å². The number of hydrogen-bond donors (Lipinski definition) is 0. The highest BCUT2D eigenvalue weighted by Gasteiger charge is 2.22. The van der Waals surface area contributed by atoms with Crippen LogP contribution in [0.5, 0.6) is 5.75 Å². The number of aryl methyl sites for hydroxylation is 2. The number of amides is 1. The van der Waals surface area contributed by atoms with Gasteiger partial charge in [-0.05, 0) is 57.5 Å². The van der Waals surface area contributed by atoms with Crippen molar-refractivity contribution >= 4 is 11.6 Å². The van der Waals surface area contributed by atoms with Crippen molar-refractivity contribution in [2.75, 3.05) is 26.4 Å². The van der Waals surface area contributed by atoms with Crippen LogP contribution >= 0.6 is 0 Å². The van der Waals surface area contributed by atoms with Crippen LogP contribution in [0.3, 0.4) is 0 Å². The highest BCUT2D eigenvalue weighted by Crippen LogP contribution is 2.29. The fourth-order valence-electron chi connectivity index (χ4n) is 3.79. The predicted octanol–water partition coefficient (Wildman–Crippen LogP) is 4.42. The molecular formula is C24H31FN4O2. The summed E-state index contributed by atoms with van der Waals surface area (Å²) < 4.78 is 19.6. The molecule has 7 heteroatoms. The minimum atomic E-state index is -0.531. The van der Waals surface area contributed by atoms with Crippen LogP contribution < -0.4 is 4.74 Å². The van der Waals surface area contributed by atoms with E-state index in [1.165, 1.54) is 0 Å². The third-order valence-electron chi connectivity index (χ3n) is 5.31. The maximum Gasteiger partial charge on any atom is 0.227 e. The molecular weight excluding hydrogens is 395 g/mol. The zero-order valence-corrected chi connectivity index (χ0v) is 18.8. The monoisotopic (exact) mass is 426 g/mol. The standard InChI is InChI=1S/C24H31FN4O2/c1-5-8-19-15-17(4)26-24-21(16-22(30)28(6-2)7-3)23(27-29(19)24)18-9-11-20(12-10-18)31-14-13-25/h9-12,15H,5-8,13-14,16H2,1-4H3. The molecule has 0 aliphatic carbocycles. The summed E-state index contributed by atoms with van der Waals surface area (Å²) in [7, 11) is 0. The first kappa shape index (κ1) is 22.7. The molecule has 0 saturated heterocycles. The van der Waals surface area contributed by atoms with Crippen LogP contribution in [0.25, 0.3) is 16.9 Å². The number of nitrogens with zero attached hydrogens (tertiary/aromatic N) is 4. The van der Waals surface area contributed by atoms with Crippen molar-refractivity contribution in [1.82, 2.24) is 19.5 Å². The number of benzene rings is 1. The number of rotatable bonds is 10. The molecule has 0 aliphatic rings. The topological polar surface area (TPSA) is 59.7 Å².